The van der Waals surface area contributed by atoms with E-state index in [1.54, 1.807) is 11.0 Å². The maximum Gasteiger partial charge on any atom is 0.410 e. The van der Waals surface area contributed by atoms with E-state index in [2.05, 4.69) is 9.97 Å². The Bertz CT molecular complexity index is 488. The number of amides is 1. The molecule has 6 heteroatoms. The largest absolute Gasteiger partial charge is 0.444 e. The van der Waals surface area contributed by atoms with Gasteiger partial charge < -0.3 is 9.64 Å². The van der Waals surface area contributed by atoms with Crippen LogP contribution in [0.5, 0.6) is 0 Å². The summed E-state index contributed by atoms with van der Waals surface area (Å²) < 4.78 is 5.38. The van der Waals surface area contributed by atoms with Crippen LogP contribution in [-0.4, -0.2) is 39.7 Å². The lowest BCUT2D eigenvalue weighted by Gasteiger charge is -2.24. The number of halogens is 1. The molecule has 0 saturated carbocycles. The molecule has 0 bridgehead atoms. The van der Waals surface area contributed by atoms with Gasteiger partial charge in [0.05, 0.1) is 0 Å². The van der Waals surface area contributed by atoms with Crippen LogP contribution in [0.25, 0.3) is 0 Å². The van der Waals surface area contributed by atoms with Gasteiger partial charge >= 0.3 is 6.09 Å². The van der Waals surface area contributed by atoms with E-state index < -0.39 is 5.60 Å². The third-order valence-electron chi connectivity index (χ3n) is 3.13. The number of carbonyl (C=O) groups is 1. The van der Waals surface area contributed by atoms with Crippen LogP contribution in [0.4, 0.5) is 4.79 Å². The van der Waals surface area contributed by atoms with Gasteiger partial charge in [-0.1, -0.05) is 11.6 Å². The highest BCUT2D eigenvalue weighted by atomic mass is 35.5. The van der Waals surface area contributed by atoms with E-state index in [1.807, 2.05) is 20.8 Å². The number of hydrogen-bond acceptors (Lipinski definition) is 4. The second kappa shape index (κ2) is 5.95. The quantitative estimate of drug-likeness (QED) is 0.788. The van der Waals surface area contributed by atoms with Crippen molar-refractivity contribution in [2.24, 2.45) is 5.92 Å². The molecular formula is C14H20ClN3O2. The minimum Gasteiger partial charge on any atom is -0.444 e. The van der Waals surface area contributed by atoms with E-state index in [9.17, 15) is 4.79 Å². The molecule has 0 aromatic carbocycles. The average Bonchev–Trinajstić information content (AvgIpc) is 2.75. The van der Waals surface area contributed by atoms with E-state index >= 15 is 0 Å². The molecule has 2 heterocycles. The highest BCUT2D eigenvalue weighted by molar-refractivity contribution is 6.29. The van der Waals surface area contributed by atoms with Gasteiger partial charge in [0.25, 0.3) is 0 Å². The Morgan fingerprint density at radius 2 is 2.25 bits per heavy atom. The SMILES string of the molecule is CC(C)(C)OC(=O)N1CCC(Cc2cc(Cl)ncn2)C1. The van der Waals surface area contributed by atoms with Crippen molar-refractivity contribution in [3.05, 3.63) is 23.2 Å². The van der Waals surface area contributed by atoms with Crippen LogP contribution >= 0.6 is 11.6 Å². The minimum atomic E-state index is -0.449. The molecule has 1 fully saturated rings. The fraction of sp³-hybridized carbons (Fsp3) is 0.643. The Morgan fingerprint density at radius 3 is 2.90 bits per heavy atom. The molecule has 1 aliphatic heterocycles. The lowest BCUT2D eigenvalue weighted by molar-refractivity contribution is 0.0288. The summed E-state index contributed by atoms with van der Waals surface area (Å²) in [7, 11) is 0. The van der Waals surface area contributed by atoms with Gasteiger partial charge in [-0.15, -0.1) is 0 Å². The summed E-state index contributed by atoms with van der Waals surface area (Å²) in [6.45, 7) is 7.07. The summed E-state index contributed by atoms with van der Waals surface area (Å²) in [5.74, 6) is 0.397. The van der Waals surface area contributed by atoms with E-state index in [0.717, 1.165) is 25.1 Å². The zero-order chi connectivity index (χ0) is 14.8. The molecule has 0 N–H and O–H groups in total. The second-order valence-corrected chi connectivity index (χ2v) is 6.50. The van der Waals surface area contributed by atoms with Crippen molar-refractivity contribution in [3.8, 4) is 0 Å². The molecule has 1 aromatic rings. The lowest BCUT2D eigenvalue weighted by atomic mass is 10.0. The monoisotopic (exact) mass is 297 g/mol. The molecule has 1 atom stereocenters. The first kappa shape index (κ1) is 15.0. The molecule has 1 amide bonds. The fourth-order valence-electron chi connectivity index (χ4n) is 2.27. The van der Waals surface area contributed by atoms with Crippen molar-refractivity contribution < 1.29 is 9.53 Å². The topological polar surface area (TPSA) is 55.3 Å². The number of aromatic nitrogens is 2. The first-order valence-corrected chi connectivity index (χ1v) is 7.15. The average molecular weight is 298 g/mol. The van der Waals surface area contributed by atoms with E-state index in [1.165, 1.54) is 6.33 Å². The maximum atomic E-state index is 12.0. The van der Waals surface area contributed by atoms with Gasteiger partial charge in [0, 0.05) is 18.8 Å². The molecule has 5 nitrogen and oxygen atoms in total. The van der Waals surface area contributed by atoms with E-state index in [-0.39, 0.29) is 6.09 Å². The standard InChI is InChI=1S/C14H20ClN3O2/c1-14(2,3)20-13(19)18-5-4-10(8-18)6-11-7-12(15)17-9-16-11/h7,9-10H,4-6,8H2,1-3H3. The number of likely N-dealkylation sites (tertiary alicyclic amines) is 1. The maximum absolute atomic E-state index is 12.0. The van der Waals surface area contributed by atoms with Crippen molar-refractivity contribution in [3.63, 3.8) is 0 Å². The van der Waals surface area contributed by atoms with Crippen molar-refractivity contribution in [2.75, 3.05) is 13.1 Å². The zero-order valence-electron chi connectivity index (χ0n) is 12.1. The minimum absolute atomic E-state index is 0.235. The molecule has 0 spiro atoms. The smallest absolute Gasteiger partial charge is 0.410 e. The molecular weight excluding hydrogens is 278 g/mol. The van der Waals surface area contributed by atoms with Gasteiger partial charge in [0.2, 0.25) is 0 Å². The van der Waals surface area contributed by atoms with Gasteiger partial charge in [-0.2, -0.15) is 0 Å². The van der Waals surface area contributed by atoms with E-state index in [4.69, 9.17) is 16.3 Å². The molecule has 1 saturated heterocycles. The third kappa shape index (κ3) is 4.34. The molecule has 1 unspecified atom stereocenters. The normalized spacial score (nSPS) is 19.2. The van der Waals surface area contributed by atoms with Gasteiger partial charge in [-0.3, -0.25) is 0 Å². The number of rotatable bonds is 2. The first-order valence-electron chi connectivity index (χ1n) is 6.78. The van der Waals surface area contributed by atoms with Crippen LogP contribution in [0, 0.1) is 5.92 Å². The van der Waals surface area contributed by atoms with Crippen molar-refractivity contribution >= 4 is 17.7 Å². The molecule has 2 rings (SSSR count). The van der Waals surface area contributed by atoms with Crippen molar-refractivity contribution in [1.82, 2.24) is 14.9 Å². The van der Waals surface area contributed by atoms with Crippen LogP contribution < -0.4 is 0 Å². The summed E-state index contributed by atoms with van der Waals surface area (Å²) in [5.41, 5.74) is 0.469. The van der Waals surface area contributed by atoms with Gasteiger partial charge in [-0.25, -0.2) is 14.8 Å². The van der Waals surface area contributed by atoms with Gasteiger partial charge in [0.15, 0.2) is 0 Å². The highest BCUT2D eigenvalue weighted by Gasteiger charge is 2.29. The Kier molecular flexibility index (Phi) is 4.48. The summed E-state index contributed by atoms with van der Waals surface area (Å²) >= 11 is 5.85. The molecule has 1 aliphatic rings. The Balaban J connectivity index is 1.88. The molecule has 110 valence electrons. The summed E-state index contributed by atoms with van der Waals surface area (Å²) in [6.07, 6.45) is 3.00. The number of hydrogen-bond donors (Lipinski definition) is 0. The zero-order valence-corrected chi connectivity index (χ0v) is 12.9. The summed E-state index contributed by atoms with van der Waals surface area (Å²) in [6, 6.07) is 1.78. The van der Waals surface area contributed by atoms with Crippen LogP contribution in [0.2, 0.25) is 5.15 Å². The van der Waals surface area contributed by atoms with Gasteiger partial charge in [-0.05, 0) is 45.6 Å². The highest BCUT2D eigenvalue weighted by Crippen LogP contribution is 2.22. The first-order chi connectivity index (χ1) is 9.33. The van der Waals surface area contributed by atoms with E-state index in [0.29, 0.717) is 17.6 Å². The van der Waals surface area contributed by atoms with Crippen molar-refractivity contribution in [1.29, 1.82) is 0 Å². The van der Waals surface area contributed by atoms with Gasteiger partial charge in [0.1, 0.15) is 17.1 Å². The number of nitrogens with zero attached hydrogens (tertiary/aromatic N) is 3. The van der Waals surface area contributed by atoms with Crippen molar-refractivity contribution in [2.45, 2.75) is 39.2 Å². The van der Waals surface area contributed by atoms with Crippen LogP contribution in [-0.2, 0) is 11.2 Å². The summed E-state index contributed by atoms with van der Waals surface area (Å²) in [4.78, 5) is 21.8. The Morgan fingerprint density at radius 1 is 1.50 bits per heavy atom. The molecule has 20 heavy (non-hydrogen) atoms. The summed E-state index contributed by atoms with van der Waals surface area (Å²) in [5, 5.41) is 0.456. The number of ether oxygens (including phenoxy) is 1. The van der Waals surface area contributed by atoms with Crippen LogP contribution in [0.3, 0.4) is 0 Å². The number of carbonyl (C=O) groups excluding carboxylic acids is 1. The molecule has 1 aromatic heterocycles. The molecule has 0 radical (unpaired) electrons. The lowest BCUT2D eigenvalue weighted by Crippen LogP contribution is -2.35. The third-order valence-corrected chi connectivity index (χ3v) is 3.33. The van der Waals surface area contributed by atoms with Crippen LogP contribution in [0.15, 0.2) is 12.4 Å². The Hall–Kier alpha value is -1.36. The predicted molar refractivity (Wildman–Crippen MR) is 76.7 cm³/mol. The molecule has 0 aliphatic carbocycles. The second-order valence-electron chi connectivity index (χ2n) is 6.12. The Labute approximate surface area is 124 Å². The fourth-order valence-corrected chi connectivity index (χ4v) is 2.44. The van der Waals surface area contributed by atoms with Crippen LogP contribution in [0.1, 0.15) is 32.9 Å². The predicted octanol–water partition coefficient (Wildman–Crippen LogP) is 2.93.